The van der Waals surface area contributed by atoms with E-state index >= 15 is 0 Å². The molecule has 2 aliphatic rings. The molecule has 0 radical (unpaired) electrons. The minimum atomic E-state index is -0.910. The van der Waals surface area contributed by atoms with Crippen LogP contribution in [-0.2, 0) is 12.8 Å². The monoisotopic (exact) mass is 192 g/mol. The number of rotatable bonds is 1. The first-order chi connectivity index (χ1) is 6.60. The van der Waals surface area contributed by atoms with Gasteiger partial charge in [-0.3, -0.25) is 5.10 Å². The van der Waals surface area contributed by atoms with Crippen LogP contribution < -0.4 is 0 Å². The maximum Gasteiger partial charge on any atom is 0.356 e. The summed E-state index contributed by atoms with van der Waals surface area (Å²) in [6.07, 6.45) is 3.09. The topological polar surface area (TPSA) is 66.0 Å². The fraction of sp³-hybridized carbons (Fsp3) is 0.600. The normalized spacial score (nSPS) is 33.4. The van der Waals surface area contributed by atoms with Crippen molar-refractivity contribution in [3.63, 3.8) is 0 Å². The van der Waals surface area contributed by atoms with Gasteiger partial charge >= 0.3 is 5.97 Å². The van der Waals surface area contributed by atoms with Crippen LogP contribution in [0.4, 0.5) is 0 Å². The number of aromatic amines is 1. The Morgan fingerprint density at radius 3 is 3.21 bits per heavy atom. The summed E-state index contributed by atoms with van der Waals surface area (Å²) < 4.78 is 0. The van der Waals surface area contributed by atoms with Crippen LogP contribution >= 0.6 is 0 Å². The van der Waals surface area contributed by atoms with E-state index in [0.29, 0.717) is 11.3 Å². The lowest BCUT2D eigenvalue weighted by Gasteiger charge is -2.16. The molecule has 1 fully saturated rings. The quantitative estimate of drug-likeness (QED) is 0.703. The molecule has 2 N–H and O–H groups in total. The second-order valence-corrected chi connectivity index (χ2v) is 4.77. The Balaban J connectivity index is 2.05. The maximum absolute atomic E-state index is 10.9. The molecule has 2 unspecified atom stereocenters. The van der Waals surface area contributed by atoms with Crippen molar-refractivity contribution in [1.82, 2.24) is 10.2 Å². The molecule has 0 amide bonds. The molecule has 74 valence electrons. The first kappa shape index (κ1) is 8.03. The summed E-state index contributed by atoms with van der Waals surface area (Å²) in [5.74, 6) is -0.225. The summed E-state index contributed by atoms with van der Waals surface area (Å²) in [6, 6.07) is 0. The Morgan fingerprint density at radius 2 is 2.50 bits per heavy atom. The molecule has 0 aliphatic heterocycles. The Labute approximate surface area is 81.3 Å². The van der Waals surface area contributed by atoms with Crippen LogP contribution in [0.25, 0.3) is 0 Å². The van der Waals surface area contributed by atoms with E-state index < -0.39 is 5.97 Å². The van der Waals surface area contributed by atoms with Gasteiger partial charge in [0.25, 0.3) is 0 Å². The average molecular weight is 192 g/mol. The number of hydrogen-bond donors (Lipinski definition) is 2. The molecule has 0 bridgehead atoms. The molecule has 4 heteroatoms. The number of fused-ring (bicyclic) bond motifs is 2. The third-order valence-electron chi connectivity index (χ3n) is 3.72. The maximum atomic E-state index is 10.9. The highest BCUT2D eigenvalue weighted by Crippen LogP contribution is 2.59. The summed E-state index contributed by atoms with van der Waals surface area (Å²) in [5, 5.41) is 15.6. The molecule has 1 saturated carbocycles. The van der Waals surface area contributed by atoms with E-state index in [1.54, 1.807) is 0 Å². The first-order valence-electron chi connectivity index (χ1n) is 4.89. The molecule has 1 aromatic heterocycles. The third kappa shape index (κ3) is 0.882. The Morgan fingerprint density at radius 1 is 1.71 bits per heavy atom. The minimum absolute atomic E-state index is 0.231. The van der Waals surface area contributed by atoms with Crippen molar-refractivity contribution in [2.75, 3.05) is 0 Å². The van der Waals surface area contributed by atoms with Crippen LogP contribution in [0.15, 0.2) is 0 Å². The standard InChI is InChI=1S/C10H12N2O2/c1-10-3-5(10)2-6-7(4-10)11-12-8(6)9(13)14/h5H,2-4H2,1H3,(H,11,12)(H,13,14). The van der Waals surface area contributed by atoms with Crippen molar-refractivity contribution in [1.29, 1.82) is 0 Å². The fourth-order valence-electron chi connectivity index (χ4n) is 2.63. The van der Waals surface area contributed by atoms with Gasteiger partial charge in [0.1, 0.15) is 0 Å². The number of nitrogens with zero attached hydrogens (tertiary/aromatic N) is 1. The lowest BCUT2D eigenvalue weighted by atomic mass is 9.88. The van der Waals surface area contributed by atoms with Gasteiger partial charge in [0, 0.05) is 11.3 Å². The molecular formula is C10H12N2O2. The van der Waals surface area contributed by atoms with Crippen molar-refractivity contribution in [2.45, 2.75) is 26.2 Å². The van der Waals surface area contributed by atoms with Crippen LogP contribution in [0.2, 0.25) is 0 Å². The van der Waals surface area contributed by atoms with E-state index in [0.717, 1.165) is 24.1 Å². The van der Waals surface area contributed by atoms with E-state index in [4.69, 9.17) is 5.11 Å². The van der Waals surface area contributed by atoms with E-state index in [2.05, 4.69) is 17.1 Å². The highest BCUT2D eigenvalue weighted by atomic mass is 16.4. The highest BCUT2D eigenvalue weighted by Gasteiger charge is 2.53. The first-order valence-corrected chi connectivity index (χ1v) is 4.89. The van der Waals surface area contributed by atoms with Gasteiger partial charge in [-0.25, -0.2) is 4.79 Å². The smallest absolute Gasteiger partial charge is 0.356 e. The zero-order chi connectivity index (χ0) is 9.92. The summed E-state index contributed by atoms with van der Waals surface area (Å²) in [7, 11) is 0. The minimum Gasteiger partial charge on any atom is -0.476 e. The van der Waals surface area contributed by atoms with Gasteiger partial charge in [-0.05, 0) is 30.6 Å². The number of carboxylic acids is 1. The van der Waals surface area contributed by atoms with Crippen LogP contribution in [0.3, 0.4) is 0 Å². The zero-order valence-corrected chi connectivity index (χ0v) is 8.00. The number of aromatic carboxylic acids is 1. The molecule has 0 saturated heterocycles. The third-order valence-corrected chi connectivity index (χ3v) is 3.72. The van der Waals surface area contributed by atoms with Crippen molar-refractivity contribution < 1.29 is 9.90 Å². The molecule has 1 heterocycles. The summed E-state index contributed by atoms with van der Waals surface area (Å²) in [5.41, 5.74) is 2.64. The summed E-state index contributed by atoms with van der Waals surface area (Å²) in [6.45, 7) is 2.27. The fourth-order valence-corrected chi connectivity index (χ4v) is 2.63. The van der Waals surface area contributed by atoms with Gasteiger partial charge in [-0.2, -0.15) is 5.10 Å². The summed E-state index contributed by atoms with van der Waals surface area (Å²) >= 11 is 0. The lowest BCUT2D eigenvalue weighted by molar-refractivity contribution is 0.0689. The van der Waals surface area contributed by atoms with E-state index in [-0.39, 0.29) is 5.69 Å². The zero-order valence-electron chi connectivity index (χ0n) is 8.00. The van der Waals surface area contributed by atoms with Crippen LogP contribution in [0, 0.1) is 11.3 Å². The molecule has 2 aliphatic carbocycles. The second kappa shape index (κ2) is 2.19. The van der Waals surface area contributed by atoms with Crippen molar-refractivity contribution >= 4 is 5.97 Å². The van der Waals surface area contributed by atoms with E-state index in [1.807, 2.05) is 0 Å². The Kier molecular flexibility index (Phi) is 1.25. The van der Waals surface area contributed by atoms with E-state index in [9.17, 15) is 4.79 Å². The SMILES string of the molecule is CC12Cc3[nH]nc(C(=O)O)c3CC1C2. The molecule has 0 aromatic carbocycles. The average Bonchev–Trinajstić information content (AvgIpc) is 2.57. The number of carboxylic acid groups (broad SMARTS) is 1. The predicted octanol–water partition coefficient (Wildman–Crippen LogP) is 1.23. The lowest BCUT2D eigenvalue weighted by Crippen LogP contribution is -2.14. The molecule has 2 atom stereocenters. The van der Waals surface area contributed by atoms with Crippen LogP contribution in [0.5, 0.6) is 0 Å². The number of hydrogen-bond acceptors (Lipinski definition) is 2. The van der Waals surface area contributed by atoms with Crippen molar-refractivity contribution in [3.05, 3.63) is 17.0 Å². The number of carbonyl (C=O) groups is 1. The summed E-state index contributed by atoms with van der Waals surface area (Å²) in [4.78, 5) is 10.9. The van der Waals surface area contributed by atoms with Crippen LogP contribution in [0.1, 0.15) is 35.1 Å². The molecule has 0 spiro atoms. The molecule has 1 aromatic rings. The van der Waals surface area contributed by atoms with Gasteiger partial charge in [0.2, 0.25) is 0 Å². The van der Waals surface area contributed by atoms with Gasteiger partial charge in [0.05, 0.1) is 0 Å². The number of aromatic nitrogens is 2. The second-order valence-electron chi connectivity index (χ2n) is 4.77. The number of nitrogens with one attached hydrogen (secondary N) is 1. The van der Waals surface area contributed by atoms with E-state index in [1.165, 1.54) is 6.42 Å². The van der Waals surface area contributed by atoms with Gasteiger partial charge in [-0.15, -0.1) is 0 Å². The van der Waals surface area contributed by atoms with Gasteiger partial charge in [-0.1, -0.05) is 6.92 Å². The van der Waals surface area contributed by atoms with Crippen LogP contribution in [-0.4, -0.2) is 21.3 Å². The molecule has 3 rings (SSSR count). The molecule has 4 nitrogen and oxygen atoms in total. The van der Waals surface area contributed by atoms with Crippen molar-refractivity contribution in [2.24, 2.45) is 11.3 Å². The predicted molar refractivity (Wildman–Crippen MR) is 49.2 cm³/mol. The molecular weight excluding hydrogens is 180 g/mol. The highest BCUT2D eigenvalue weighted by molar-refractivity contribution is 5.87. The Bertz CT molecular complexity index is 424. The largest absolute Gasteiger partial charge is 0.476 e. The number of H-pyrrole nitrogens is 1. The van der Waals surface area contributed by atoms with Gasteiger partial charge < -0.3 is 5.11 Å². The molecule has 14 heavy (non-hydrogen) atoms. The Hall–Kier alpha value is -1.32. The van der Waals surface area contributed by atoms with Gasteiger partial charge in [0.15, 0.2) is 5.69 Å². The van der Waals surface area contributed by atoms with Crippen molar-refractivity contribution in [3.8, 4) is 0 Å².